The molecule has 8 unspecified atom stereocenters. The molecule has 0 saturated carbocycles. The monoisotopic (exact) mass is 1910 g/mol. The van der Waals surface area contributed by atoms with E-state index in [2.05, 4.69) is 40.0 Å². The van der Waals surface area contributed by atoms with E-state index in [0.29, 0.717) is 88.9 Å². The number of hydrogen-bond acceptors (Lipinski definition) is 34. The molecular formula is C90H159N7O30S3. The number of amides is 5. The minimum atomic E-state index is -0.945. The second-order valence-corrected chi connectivity index (χ2v) is 35.1. The number of aliphatic carboxylic acids is 1. The molecule has 0 spiro atoms. The first-order valence-corrected chi connectivity index (χ1v) is 49.2. The smallest absolute Gasteiger partial charge is 0.308 e. The van der Waals surface area contributed by atoms with Crippen molar-refractivity contribution in [2.45, 2.75) is 304 Å². The van der Waals surface area contributed by atoms with E-state index < -0.39 is 91.1 Å². The van der Waals surface area contributed by atoms with Crippen LogP contribution in [0.5, 0.6) is 5.75 Å². The summed E-state index contributed by atoms with van der Waals surface area (Å²) >= 11 is 1.32. The molecule has 5 amide bonds. The normalized spacial score (nSPS) is 15.9. The van der Waals surface area contributed by atoms with Crippen LogP contribution < -0.4 is 21.3 Å². The van der Waals surface area contributed by atoms with Crippen LogP contribution in [0, 0.1) is 17.8 Å². The van der Waals surface area contributed by atoms with Crippen molar-refractivity contribution in [1.82, 2.24) is 36.1 Å². The van der Waals surface area contributed by atoms with Gasteiger partial charge in [-0.05, 0) is 139 Å². The van der Waals surface area contributed by atoms with Crippen molar-refractivity contribution in [3.05, 3.63) is 45.9 Å². The lowest BCUT2D eigenvalue weighted by Gasteiger charge is -2.40. The van der Waals surface area contributed by atoms with Gasteiger partial charge in [-0.1, -0.05) is 123 Å². The number of aromatic nitrogens is 1. The number of nitrogens with zero attached hydrogens (tertiary/aromatic N) is 3. The Morgan fingerprint density at radius 2 is 1.08 bits per heavy atom. The lowest BCUT2D eigenvalue weighted by atomic mass is 9.92. The average molecular weight is 1920 g/mol. The molecule has 0 bridgehead atoms. The number of thiazole rings is 1. The van der Waals surface area contributed by atoms with Gasteiger partial charge in [0, 0.05) is 123 Å². The number of rotatable bonds is 69. The van der Waals surface area contributed by atoms with E-state index >= 15 is 0 Å². The fraction of sp³-hybridized carbons (Fsp3) is 0.789. The lowest BCUT2D eigenvalue weighted by molar-refractivity contribution is -0.194. The third-order valence-electron chi connectivity index (χ3n) is 20.8. The molecule has 1 saturated heterocycles. The summed E-state index contributed by atoms with van der Waals surface area (Å²) in [4.78, 5) is 134. The average Bonchev–Trinajstić information content (AvgIpc) is 1.26. The molecule has 1 aliphatic rings. The van der Waals surface area contributed by atoms with Gasteiger partial charge in [0.2, 0.25) is 23.6 Å². The number of benzene rings is 1. The number of aliphatic hydroxyl groups is 5. The van der Waals surface area contributed by atoms with Crippen LogP contribution in [0.2, 0.25) is 0 Å². The number of phenolic OH excluding ortho intramolecular Hbond substituents is 1. The highest BCUT2D eigenvalue weighted by molar-refractivity contribution is 8.76. The third-order valence-corrected chi connectivity index (χ3v) is 23.5. The Morgan fingerprint density at radius 1 is 0.585 bits per heavy atom. The zero-order chi connectivity index (χ0) is 97.7. The molecule has 0 radical (unpaired) electrons. The number of carbonyl (C=O) groups excluding carboxylic acids is 9. The van der Waals surface area contributed by atoms with Crippen molar-refractivity contribution in [2.75, 3.05) is 140 Å². The van der Waals surface area contributed by atoms with Crippen LogP contribution in [0.1, 0.15) is 245 Å². The second kappa shape index (κ2) is 76.7. The van der Waals surface area contributed by atoms with E-state index in [0.717, 1.165) is 50.0 Å². The molecule has 1 aromatic carbocycles. The quantitative estimate of drug-likeness (QED) is 0.00968. The molecule has 11 N–H and O–H groups in total. The number of likely N-dealkylation sites (tertiary alicyclic amines) is 1. The van der Waals surface area contributed by atoms with Crippen LogP contribution in [0.25, 0.3) is 0 Å². The molecule has 37 nitrogen and oxygen atoms in total. The fourth-order valence-electron chi connectivity index (χ4n) is 12.7. The van der Waals surface area contributed by atoms with Crippen molar-refractivity contribution >= 4 is 92.3 Å². The third kappa shape index (κ3) is 56.0. The molecule has 2 heterocycles. The topological polar surface area (TPSA) is 500 Å². The SMILES string of the molecule is CCC(CO)OC(CO)OC.CCC(CO)OC(COC(=O)CCCC(=O)NCCSSC)OC.CCC(CO)OC(COC(=O)CCCC(=O)O)OC.CCCO[C@H](C[C@H](C(C)C)N(CCC)C(=O)[C@@H](NC(=O)[C@H]1CCCCN1C)[C@@H](C)CC)c1nc(C(=O)N[C@@H](Cc2ccc(O)cc2)C[C@H](C)C(=O)OCCCNC(=O)CCCC(=O)OCC(OC)OC(CC)CO)cs1. The summed E-state index contributed by atoms with van der Waals surface area (Å²) in [7, 11) is 11.0. The van der Waals surface area contributed by atoms with E-state index in [-0.39, 0.29) is 195 Å². The highest BCUT2D eigenvalue weighted by Crippen LogP contribution is 2.33. The van der Waals surface area contributed by atoms with Crippen LogP contribution >= 0.6 is 32.9 Å². The van der Waals surface area contributed by atoms with Gasteiger partial charge in [0.25, 0.3) is 5.91 Å². The number of likely N-dealkylation sites (N-methyl/N-ethyl adjacent to an activating group) is 1. The van der Waals surface area contributed by atoms with Gasteiger partial charge < -0.3 is 123 Å². The van der Waals surface area contributed by atoms with Crippen LogP contribution in [-0.4, -0.2) is 323 Å². The number of carboxylic acid groups (broad SMARTS) is 1. The number of nitrogens with one attached hydrogen (secondary N) is 4. The highest BCUT2D eigenvalue weighted by Gasteiger charge is 2.39. The number of aromatic hydroxyl groups is 1. The molecule has 40 heteroatoms. The largest absolute Gasteiger partial charge is 0.508 e. The van der Waals surface area contributed by atoms with Crippen molar-refractivity contribution in [1.29, 1.82) is 0 Å². The van der Waals surface area contributed by atoms with Gasteiger partial charge in [0.15, 0.2) is 25.2 Å². The number of methoxy groups -OCH3 is 4. The molecular weight excluding hydrogens is 1760 g/mol. The summed E-state index contributed by atoms with van der Waals surface area (Å²) in [6, 6.07) is 4.90. The predicted molar refractivity (Wildman–Crippen MR) is 494 cm³/mol. The maximum Gasteiger partial charge on any atom is 0.308 e. The summed E-state index contributed by atoms with van der Waals surface area (Å²) in [5, 5.41) is 77.3. The molecule has 3 rings (SSSR count). The number of esters is 4. The minimum Gasteiger partial charge on any atom is -0.508 e. The van der Waals surface area contributed by atoms with Crippen LogP contribution in [0.3, 0.4) is 0 Å². The summed E-state index contributed by atoms with van der Waals surface area (Å²) in [6.45, 7) is 23.3. The van der Waals surface area contributed by atoms with E-state index in [1.807, 2.05) is 73.6 Å². The van der Waals surface area contributed by atoms with Gasteiger partial charge in [-0.15, -0.1) is 11.3 Å². The number of hydrogen-bond donors (Lipinski definition) is 11. The van der Waals surface area contributed by atoms with Crippen molar-refractivity contribution in [3.63, 3.8) is 0 Å². The molecule has 130 heavy (non-hydrogen) atoms. The van der Waals surface area contributed by atoms with Gasteiger partial charge in [0.05, 0.1) is 76.0 Å². The van der Waals surface area contributed by atoms with Crippen LogP contribution in [-0.2, 0) is 111 Å². The predicted octanol–water partition coefficient (Wildman–Crippen LogP) is 8.75. The van der Waals surface area contributed by atoms with E-state index in [9.17, 15) is 58.2 Å². The highest BCUT2D eigenvalue weighted by atomic mass is 33.1. The number of phenols is 1. The molecule has 1 aliphatic heterocycles. The molecule has 752 valence electrons. The van der Waals surface area contributed by atoms with Gasteiger partial charge in [-0.2, -0.15) is 0 Å². The summed E-state index contributed by atoms with van der Waals surface area (Å²) in [5.74, 6) is -3.49. The molecule has 1 fully saturated rings. The summed E-state index contributed by atoms with van der Waals surface area (Å²) < 4.78 is 68.6. The maximum absolute atomic E-state index is 14.8. The zero-order valence-corrected chi connectivity index (χ0v) is 82.5. The summed E-state index contributed by atoms with van der Waals surface area (Å²) in [5.41, 5.74) is 1.03. The number of ether oxygens (including phenoxy) is 13. The van der Waals surface area contributed by atoms with Gasteiger partial charge in [-0.25, -0.2) is 4.98 Å². The molecule has 2 aromatic rings. The Balaban J connectivity index is 0.00000246. The molecule has 0 aliphatic carbocycles. The Kier molecular flexibility index (Phi) is 72.8. The van der Waals surface area contributed by atoms with E-state index in [4.69, 9.17) is 92.1 Å². The number of carboxylic acids is 1. The van der Waals surface area contributed by atoms with Crippen molar-refractivity contribution < 1.29 is 145 Å². The lowest BCUT2D eigenvalue weighted by Crippen LogP contribution is -2.58. The maximum atomic E-state index is 14.8. The number of piperidine rings is 1. The molecule has 15 atom stereocenters. The van der Waals surface area contributed by atoms with Gasteiger partial charge in [0.1, 0.15) is 48.4 Å². The summed E-state index contributed by atoms with van der Waals surface area (Å²) in [6.07, 6.45) is 7.56. The Bertz CT molecular complexity index is 3310. The number of carbonyl (C=O) groups is 10. The van der Waals surface area contributed by atoms with E-state index in [1.165, 1.54) is 39.8 Å². The minimum absolute atomic E-state index is 0.0215. The first-order valence-electron chi connectivity index (χ1n) is 45.6. The van der Waals surface area contributed by atoms with E-state index in [1.54, 1.807) is 58.2 Å². The zero-order valence-electron chi connectivity index (χ0n) is 80.1. The second-order valence-electron chi connectivity index (χ2n) is 31.5. The van der Waals surface area contributed by atoms with Gasteiger partial charge in [-0.3, -0.25) is 52.8 Å². The Morgan fingerprint density at radius 3 is 1.51 bits per heavy atom. The standard InChI is InChI=1S/C56H92N6O13S.C15H29NO6S2.C12H22O7.C7H16O4/c1-11-27-62(55(69)51(38(7)13-3)60-53(68)45-19-15-16-28-61(45)9)46(37(5)6)33-47(72-29-12-2)54-59-44(36-76-54)52(67)58-41(32-40-22-24-42(64)25-23-40)31-39(8)56(70)73-30-18-26-57-48(65)20-17-21-49(66)74-35-50(71-10)75-43(14-4)34-63;1-4-12(10-17)22-15(20-2)11-21-14(19)7-5-6-13(18)16-8-9-24-23-3;1-3-9(7-13)19-12(17-2)8-18-11(16)6-4-5-10(14)15;1-3-6(4-8)11-7(5-9)10-2/h22-25,36-39,41,43,45-47,50-51,63-64H,11-21,26-35H2,1-10H3,(H,57,65)(H,58,67)(H,60,68);12,15,17H,4-11H2,1-3H3,(H,16,18);9,12-13H,3-8H2,1-2H3,(H,14,15);6-9H,3-5H2,1-2H3/t38-,39-,41+,43?,45+,46+,47+,50?,51-;;;/m0.../s1. The number of aliphatic hydroxyl groups excluding tert-OH is 5. The first-order chi connectivity index (χ1) is 62.3. The fourth-order valence-corrected chi connectivity index (χ4v) is 14.6. The Hall–Kier alpha value is -6.55. The van der Waals surface area contributed by atoms with Crippen molar-refractivity contribution in [3.8, 4) is 5.75 Å². The van der Waals surface area contributed by atoms with Crippen LogP contribution in [0.4, 0.5) is 0 Å². The Labute approximate surface area is 782 Å². The van der Waals surface area contributed by atoms with Crippen molar-refractivity contribution in [2.24, 2.45) is 17.8 Å². The van der Waals surface area contributed by atoms with Crippen LogP contribution in [0.15, 0.2) is 29.6 Å². The first kappa shape index (κ1) is 123. The molecule has 1 aromatic heterocycles. The van der Waals surface area contributed by atoms with Gasteiger partial charge >= 0.3 is 29.8 Å².